The van der Waals surface area contributed by atoms with Crippen molar-refractivity contribution in [1.82, 2.24) is 15.6 Å². The number of amides is 2. The molecule has 5 rings (SSSR count). The average Bonchev–Trinajstić information content (AvgIpc) is 3.73. The third kappa shape index (κ3) is 9.17. The zero-order chi connectivity index (χ0) is 37.4. The second kappa shape index (κ2) is 16.9. The van der Waals surface area contributed by atoms with Crippen LogP contribution >= 0.6 is 23.2 Å². The van der Waals surface area contributed by atoms with Gasteiger partial charge in [0.1, 0.15) is 6.04 Å². The summed E-state index contributed by atoms with van der Waals surface area (Å²) < 4.78 is 5.12. The second-order valence-corrected chi connectivity index (χ2v) is 13.7. The van der Waals surface area contributed by atoms with Crippen LogP contribution in [0.2, 0.25) is 10.0 Å². The van der Waals surface area contributed by atoms with Gasteiger partial charge in [0.2, 0.25) is 11.5 Å². The van der Waals surface area contributed by atoms with Crippen LogP contribution < -0.4 is 10.6 Å². The summed E-state index contributed by atoms with van der Waals surface area (Å²) in [6.45, 7) is 2.94. The number of carbonyl (C=O) groups is 5. The fourth-order valence-corrected chi connectivity index (χ4v) is 6.62. The van der Waals surface area contributed by atoms with Crippen molar-refractivity contribution in [2.75, 3.05) is 6.61 Å². The van der Waals surface area contributed by atoms with Crippen LogP contribution in [0.1, 0.15) is 54.6 Å². The molecule has 272 valence electrons. The highest BCUT2D eigenvalue weighted by molar-refractivity contribution is 6.39. The van der Waals surface area contributed by atoms with Crippen molar-refractivity contribution >= 4 is 69.4 Å². The molecule has 4 N–H and O–H groups in total. The van der Waals surface area contributed by atoms with Gasteiger partial charge in [-0.25, -0.2) is 4.79 Å². The molecule has 3 aromatic carbocycles. The third-order valence-corrected chi connectivity index (χ3v) is 9.40. The predicted octanol–water partition coefficient (Wildman–Crippen LogP) is 5.69. The third-order valence-electron chi connectivity index (χ3n) is 8.77. The van der Waals surface area contributed by atoms with E-state index in [1.165, 1.54) is 18.2 Å². The number of para-hydroxylation sites is 1. The zero-order valence-corrected chi connectivity index (χ0v) is 30.0. The van der Waals surface area contributed by atoms with Crippen molar-refractivity contribution in [3.05, 3.63) is 106 Å². The standard InChI is InChI=1S/C38H38Cl2N4O8/c1-22(2)35(43-32(46)16-15-24-20-41-28-14-7-6-11-25(24)28)30-19-38(52-44-30,18-23-9-4-3-5-10-23)37(50)42-29(17-33(47)48)31(45)21-51-36(49)34-26(39)12-8-13-27(34)40/h3-14,20,22,29,35,41H,15-19,21H2,1-2H3,(H,42,50)(H,43,46)(H,47,48)/t29-,35?,38?/m0/s1. The Morgan fingerprint density at radius 2 is 1.65 bits per heavy atom. The predicted molar refractivity (Wildman–Crippen MR) is 195 cm³/mol. The van der Waals surface area contributed by atoms with E-state index >= 15 is 0 Å². The maximum atomic E-state index is 14.1. The van der Waals surface area contributed by atoms with Crippen molar-refractivity contribution in [2.45, 2.75) is 63.6 Å². The van der Waals surface area contributed by atoms with E-state index in [0.29, 0.717) is 17.7 Å². The summed E-state index contributed by atoms with van der Waals surface area (Å²) >= 11 is 12.2. The highest BCUT2D eigenvalue weighted by atomic mass is 35.5. The molecule has 1 aliphatic heterocycles. The van der Waals surface area contributed by atoms with Crippen molar-refractivity contribution in [3.63, 3.8) is 0 Å². The first-order valence-corrected chi connectivity index (χ1v) is 17.4. The van der Waals surface area contributed by atoms with E-state index in [0.717, 1.165) is 16.5 Å². The highest BCUT2D eigenvalue weighted by Crippen LogP contribution is 2.32. The fraction of sp³-hybridized carbons (Fsp3) is 0.316. The summed E-state index contributed by atoms with van der Waals surface area (Å²) in [4.78, 5) is 74.3. The molecule has 0 fully saturated rings. The quantitative estimate of drug-likeness (QED) is 0.106. The van der Waals surface area contributed by atoms with Gasteiger partial charge in [-0.05, 0) is 41.7 Å². The van der Waals surface area contributed by atoms with E-state index in [4.69, 9.17) is 32.8 Å². The number of carboxylic acids is 1. The molecular weight excluding hydrogens is 711 g/mol. The number of rotatable bonds is 16. The first-order chi connectivity index (χ1) is 24.9. The van der Waals surface area contributed by atoms with Crippen LogP contribution in [-0.2, 0) is 41.6 Å². The van der Waals surface area contributed by atoms with Crippen molar-refractivity contribution in [1.29, 1.82) is 0 Å². The van der Waals surface area contributed by atoms with Gasteiger partial charge in [-0.2, -0.15) is 0 Å². The largest absolute Gasteiger partial charge is 0.481 e. The molecule has 0 radical (unpaired) electrons. The van der Waals surface area contributed by atoms with Crippen LogP contribution in [0.3, 0.4) is 0 Å². The molecule has 0 saturated carbocycles. The van der Waals surface area contributed by atoms with Gasteiger partial charge in [0.15, 0.2) is 12.4 Å². The average molecular weight is 750 g/mol. The van der Waals surface area contributed by atoms with Gasteiger partial charge in [-0.1, -0.05) is 96.8 Å². The number of nitrogens with one attached hydrogen (secondary N) is 3. The van der Waals surface area contributed by atoms with Gasteiger partial charge < -0.3 is 30.3 Å². The lowest BCUT2D eigenvalue weighted by Crippen LogP contribution is -2.55. The minimum Gasteiger partial charge on any atom is -0.481 e. The number of esters is 1. The number of fused-ring (bicyclic) bond motifs is 1. The Hall–Kier alpha value is -5.20. The van der Waals surface area contributed by atoms with E-state index in [1.807, 2.05) is 50.4 Å². The number of Topliss-reactive ketones (excluding diaryl/α,β-unsaturated/α-hetero) is 1. The number of aryl methyl sites for hydroxylation is 1. The van der Waals surface area contributed by atoms with Gasteiger partial charge in [-0.15, -0.1) is 0 Å². The number of carboxylic acid groups (broad SMARTS) is 1. The highest BCUT2D eigenvalue weighted by Gasteiger charge is 2.49. The number of carbonyl (C=O) groups excluding carboxylic acids is 4. The van der Waals surface area contributed by atoms with E-state index in [2.05, 4.69) is 20.8 Å². The maximum Gasteiger partial charge on any atom is 0.341 e. The van der Waals surface area contributed by atoms with E-state index in [1.54, 1.807) is 24.3 Å². The minimum atomic E-state index is -1.70. The number of nitrogens with zero attached hydrogens (tertiary/aromatic N) is 1. The van der Waals surface area contributed by atoms with Crippen LogP contribution in [0.15, 0.2) is 84.1 Å². The Bertz CT molecular complexity index is 1980. The van der Waals surface area contributed by atoms with Crippen LogP contribution in [0.25, 0.3) is 10.9 Å². The summed E-state index contributed by atoms with van der Waals surface area (Å²) in [5.74, 6) is -4.41. The minimum absolute atomic E-state index is 0.00236. The Kier molecular flexibility index (Phi) is 12.3. The zero-order valence-electron chi connectivity index (χ0n) is 28.5. The maximum absolute atomic E-state index is 14.1. The van der Waals surface area contributed by atoms with Crippen LogP contribution in [0.4, 0.5) is 0 Å². The van der Waals surface area contributed by atoms with Crippen LogP contribution in [-0.4, -0.2) is 69.6 Å². The molecule has 2 heterocycles. The molecule has 4 aromatic rings. The van der Waals surface area contributed by atoms with E-state index < -0.39 is 54.3 Å². The van der Waals surface area contributed by atoms with Gasteiger partial charge in [0.25, 0.3) is 5.91 Å². The first kappa shape index (κ1) is 38.0. The molecule has 52 heavy (non-hydrogen) atoms. The number of ether oxygens (including phenoxy) is 1. The summed E-state index contributed by atoms with van der Waals surface area (Å²) in [6, 6.07) is 19.0. The second-order valence-electron chi connectivity index (χ2n) is 12.9. The lowest BCUT2D eigenvalue weighted by molar-refractivity contribution is -0.148. The Labute approximate surface area is 309 Å². The molecule has 0 spiro atoms. The molecular formula is C38H38Cl2N4O8. The molecule has 0 saturated heterocycles. The number of hydrogen-bond acceptors (Lipinski definition) is 8. The Morgan fingerprint density at radius 3 is 2.35 bits per heavy atom. The number of oxime groups is 1. The first-order valence-electron chi connectivity index (χ1n) is 16.7. The number of aliphatic carboxylic acids is 1. The summed E-state index contributed by atoms with van der Waals surface area (Å²) in [5.41, 5.74) is 1.27. The summed E-state index contributed by atoms with van der Waals surface area (Å²) in [6.07, 6.45) is 1.76. The Balaban J connectivity index is 1.30. The van der Waals surface area contributed by atoms with E-state index in [9.17, 15) is 29.1 Å². The number of hydrogen-bond donors (Lipinski definition) is 4. The van der Waals surface area contributed by atoms with E-state index in [-0.39, 0.29) is 46.7 Å². The molecule has 2 unspecified atom stereocenters. The number of aromatic nitrogens is 1. The number of benzene rings is 3. The number of H-pyrrole nitrogens is 1. The molecule has 0 aliphatic carbocycles. The topological polar surface area (TPSA) is 176 Å². The van der Waals surface area contributed by atoms with Gasteiger partial charge >= 0.3 is 11.9 Å². The smallest absolute Gasteiger partial charge is 0.341 e. The lowest BCUT2D eigenvalue weighted by atomic mass is 9.84. The lowest BCUT2D eigenvalue weighted by Gasteiger charge is -2.29. The van der Waals surface area contributed by atoms with Crippen molar-refractivity contribution < 1.29 is 38.7 Å². The molecule has 2 amide bonds. The van der Waals surface area contributed by atoms with Gasteiger partial charge in [-0.3, -0.25) is 19.2 Å². The molecule has 3 atom stereocenters. The Morgan fingerprint density at radius 1 is 0.962 bits per heavy atom. The molecule has 12 nitrogen and oxygen atoms in total. The van der Waals surface area contributed by atoms with Crippen LogP contribution in [0, 0.1) is 5.92 Å². The van der Waals surface area contributed by atoms with Gasteiger partial charge in [0.05, 0.1) is 33.8 Å². The van der Waals surface area contributed by atoms with Crippen molar-refractivity contribution in [3.8, 4) is 0 Å². The molecule has 1 aliphatic rings. The normalized spacial score (nSPS) is 16.4. The molecule has 14 heteroatoms. The monoisotopic (exact) mass is 748 g/mol. The van der Waals surface area contributed by atoms with Crippen molar-refractivity contribution in [2.24, 2.45) is 11.1 Å². The molecule has 1 aromatic heterocycles. The number of halogens is 2. The van der Waals surface area contributed by atoms with Crippen LogP contribution in [0.5, 0.6) is 0 Å². The number of ketones is 1. The summed E-state index contributed by atoms with van der Waals surface area (Å²) in [7, 11) is 0. The van der Waals surface area contributed by atoms with Gasteiger partial charge in [0, 0.05) is 36.4 Å². The molecule has 0 bridgehead atoms. The summed E-state index contributed by atoms with van der Waals surface area (Å²) in [5, 5.41) is 20.5. The fourth-order valence-electron chi connectivity index (χ4n) is 6.07. The number of aromatic amines is 1. The SMILES string of the molecule is CC(C)C(NC(=O)CCc1c[nH]c2ccccc12)C1=NOC(Cc2ccccc2)(C(=O)N[C@@H](CC(=O)O)C(=O)COC(=O)c2c(Cl)cccc2Cl)C1.